The third-order valence-electron chi connectivity index (χ3n) is 3.49. The van der Waals surface area contributed by atoms with Gasteiger partial charge in [0.25, 0.3) is 0 Å². The maximum atomic E-state index is 5.95. The molecule has 120 valence electrons. The molecule has 7 heteroatoms. The first-order valence-corrected chi connectivity index (χ1v) is 8.65. The number of nitrogens with zero attached hydrogens (tertiary/aromatic N) is 4. The Morgan fingerprint density at radius 1 is 1.08 bits per heavy atom. The summed E-state index contributed by atoms with van der Waals surface area (Å²) in [6, 6.07) is 15.4. The average Bonchev–Trinajstić information content (AvgIpc) is 3.16. The Bertz CT molecular complexity index is 993. The highest BCUT2D eigenvalue weighted by atomic mass is 35.5. The van der Waals surface area contributed by atoms with E-state index in [1.807, 2.05) is 55.5 Å². The third kappa shape index (κ3) is 2.74. The highest BCUT2D eigenvalue weighted by Gasteiger charge is 2.14. The molecule has 0 radical (unpaired) electrons. The minimum Gasteiger partial charge on any atom is -0.494 e. The van der Waals surface area contributed by atoms with Crippen molar-refractivity contribution in [3.8, 4) is 27.7 Å². The SMILES string of the molecule is CCOc1cccc(-c2nnc3sc(-c4ccc(Cl)cc4)nn23)c1. The van der Waals surface area contributed by atoms with E-state index in [-0.39, 0.29) is 0 Å². The molecule has 0 amide bonds. The summed E-state index contributed by atoms with van der Waals surface area (Å²) in [5.41, 5.74) is 1.92. The second-order valence-electron chi connectivity index (χ2n) is 5.09. The molecule has 2 aromatic heterocycles. The Hall–Kier alpha value is -2.44. The second-order valence-corrected chi connectivity index (χ2v) is 6.49. The first-order valence-electron chi connectivity index (χ1n) is 7.46. The minimum absolute atomic E-state index is 0.621. The van der Waals surface area contributed by atoms with Gasteiger partial charge in [-0.25, -0.2) is 0 Å². The van der Waals surface area contributed by atoms with Crippen LogP contribution in [0.4, 0.5) is 0 Å². The molecule has 0 spiro atoms. The molecule has 4 aromatic rings. The topological polar surface area (TPSA) is 52.3 Å². The molecular weight excluding hydrogens is 344 g/mol. The van der Waals surface area contributed by atoms with Crippen LogP contribution in [0.3, 0.4) is 0 Å². The van der Waals surface area contributed by atoms with Crippen molar-refractivity contribution < 1.29 is 4.74 Å². The van der Waals surface area contributed by atoms with Crippen molar-refractivity contribution in [2.45, 2.75) is 6.92 Å². The highest BCUT2D eigenvalue weighted by molar-refractivity contribution is 7.19. The smallest absolute Gasteiger partial charge is 0.235 e. The zero-order chi connectivity index (χ0) is 16.5. The van der Waals surface area contributed by atoms with Gasteiger partial charge < -0.3 is 4.74 Å². The van der Waals surface area contributed by atoms with Crippen LogP contribution in [0.5, 0.6) is 5.75 Å². The summed E-state index contributed by atoms with van der Waals surface area (Å²) in [6.45, 7) is 2.58. The van der Waals surface area contributed by atoms with Crippen molar-refractivity contribution in [3.63, 3.8) is 0 Å². The molecule has 2 heterocycles. The van der Waals surface area contributed by atoms with E-state index in [0.717, 1.165) is 26.8 Å². The van der Waals surface area contributed by atoms with Crippen molar-refractivity contribution in [2.75, 3.05) is 6.61 Å². The van der Waals surface area contributed by atoms with Gasteiger partial charge in [-0.3, -0.25) is 0 Å². The fourth-order valence-electron chi connectivity index (χ4n) is 2.40. The van der Waals surface area contributed by atoms with Gasteiger partial charge in [-0.1, -0.05) is 47.2 Å². The fourth-order valence-corrected chi connectivity index (χ4v) is 3.37. The number of hydrogen-bond acceptors (Lipinski definition) is 5. The number of rotatable bonds is 4. The van der Waals surface area contributed by atoms with Crippen LogP contribution in [0.1, 0.15) is 6.92 Å². The van der Waals surface area contributed by atoms with E-state index in [9.17, 15) is 0 Å². The molecule has 0 aliphatic carbocycles. The summed E-state index contributed by atoms with van der Waals surface area (Å²) < 4.78 is 7.32. The Morgan fingerprint density at radius 3 is 2.71 bits per heavy atom. The van der Waals surface area contributed by atoms with Gasteiger partial charge in [0.2, 0.25) is 4.96 Å². The molecule has 0 aliphatic heterocycles. The van der Waals surface area contributed by atoms with Crippen molar-refractivity contribution in [1.82, 2.24) is 19.8 Å². The van der Waals surface area contributed by atoms with Gasteiger partial charge >= 0.3 is 0 Å². The van der Waals surface area contributed by atoms with Crippen molar-refractivity contribution in [3.05, 3.63) is 53.6 Å². The van der Waals surface area contributed by atoms with E-state index < -0.39 is 0 Å². The summed E-state index contributed by atoms with van der Waals surface area (Å²) in [4.78, 5) is 0.747. The van der Waals surface area contributed by atoms with Crippen molar-refractivity contribution in [1.29, 1.82) is 0 Å². The monoisotopic (exact) mass is 356 g/mol. The normalized spacial score (nSPS) is 11.1. The lowest BCUT2D eigenvalue weighted by atomic mass is 10.2. The van der Waals surface area contributed by atoms with Crippen LogP contribution in [0, 0.1) is 0 Å². The molecule has 5 nitrogen and oxygen atoms in total. The summed E-state index contributed by atoms with van der Waals surface area (Å²) in [7, 11) is 0. The number of aromatic nitrogens is 4. The molecule has 2 aromatic carbocycles. The van der Waals surface area contributed by atoms with Crippen LogP contribution in [0.15, 0.2) is 48.5 Å². The molecule has 24 heavy (non-hydrogen) atoms. The van der Waals surface area contributed by atoms with E-state index in [0.29, 0.717) is 17.5 Å². The Labute approximate surface area is 147 Å². The van der Waals surface area contributed by atoms with Gasteiger partial charge in [0.1, 0.15) is 10.8 Å². The molecule has 0 saturated carbocycles. The predicted molar refractivity (Wildman–Crippen MR) is 95.7 cm³/mol. The van der Waals surface area contributed by atoms with E-state index in [4.69, 9.17) is 16.3 Å². The Balaban J connectivity index is 1.77. The lowest BCUT2D eigenvalue weighted by Gasteiger charge is -2.04. The summed E-state index contributed by atoms with van der Waals surface area (Å²) >= 11 is 7.44. The average molecular weight is 357 g/mol. The molecule has 0 unspecified atom stereocenters. The number of halogens is 1. The zero-order valence-electron chi connectivity index (χ0n) is 12.8. The van der Waals surface area contributed by atoms with Gasteiger partial charge in [-0.2, -0.15) is 9.61 Å². The predicted octanol–water partition coefficient (Wildman–Crippen LogP) is 4.57. The molecule has 0 saturated heterocycles. The van der Waals surface area contributed by atoms with Crippen LogP contribution in [-0.4, -0.2) is 26.4 Å². The molecule has 0 aliphatic rings. The molecule has 0 atom stereocenters. The first-order chi connectivity index (χ1) is 11.7. The largest absolute Gasteiger partial charge is 0.494 e. The molecule has 0 N–H and O–H groups in total. The zero-order valence-corrected chi connectivity index (χ0v) is 14.4. The Kier molecular flexibility index (Phi) is 3.92. The summed E-state index contributed by atoms with van der Waals surface area (Å²) in [5, 5.41) is 14.7. The number of hydrogen-bond donors (Lipinski definition) is 0. The number of fused-ring (bicyclic) bond motifs is 1. The van der Waals surface area contributed by atoms with E-state index in [1.54, 1.807) is 4.52 Å². The van der Waals surface area contributed by atoms with Crippen molar-refractivity contribution >= 4 is 27.9 Å². The van der Waals surface area contributed by atoms with E-state index >= 15 is 0 Å². The third-order valence-corrected chi connectivity index (χ3v) is 4.69. The quantitative estimate of drug-likeness (QED) is 0.537. The maximum Gasteiger partial charge on any atom is 0.235 e. The minimum atomic E-state index is 0.621. The van der Waals surface area contributed by atoms with Gasteiger partial charge in [-0.15, -0.1) is 10.2 Å². The van der Waals surface area contributed by atoms with E-state index in [1.165, 1.54) is 11.3 Å². The summed E-state index contributed by atoms with van der Waals surface area (Å²) in [6.07, 6.45) is 0. The lowest BCUT2D eigenvalue weighted by molar-refractivity contribution is 0.340. The first kappa shape index (κ1) is 15.1. The lowest BCUT2D eigenvalue weighted by Crippen LogP contribution is -1.94. The highest BCUT2D eigenvalue weighted by Crippen LogP contribution is 2.29. The number of ether oxygens (including phenoxy) is 1. The Morgan fingerprint density at radius 2 is 1.92 bits per heavy atom. The van der Waals surface area contributed by atoms with Crippen LogP contribution in [0.25, 0.3) is 26.9 Å². The maximum absolute atomic E-state index is 5.95. The molecule has 0 fully saturated rings. The van der Waals surface area contributed by atoms with Crippen LogP contribution in [0.2, 0.25) is 5.02 Å². The molecule has 4 rings (SSSR count). The van der Waals surface area contributed by atoms with Crippen LogP contribution >= 0.6 is 22.9 Å². The number of benzene rings is 2. The van der Waals surface area contributed by atoms with E-state index in [2.05, 4.69) is 15.3 Å². The van der Waals surface area contributed by atoms with Gasteiger partial charge in [0, 0.05) is 16.1 Å². The fraction of sp³-hybridized carbons (Fsp3) is 0.118. The van der Waals surface area contributed by atoms with Crippen LogP contribution < -0.4 is 4.74 Å². The van der Waals surface area contributed by atoms with Gasteiger partial charge in [0.15, 0.2) is 5.82 Å². The summed E-state index contributed by atoms with van der Waals surface area (Å²) in [5.74, 6) is 1.50. The van der Waals surface area contributed by atoms with Gasteiger partial charge in [-0.05, 0) is 31.2 Å². The molecular formula is C17H13ClN4OS. The second kappa shape index (κ2) is 6.22. The van der Waals surface area contributed by atoms with Gasteiger partial charge in [0.05, 0.1) is 6.61 Å². The van der Waals surface area contributed by atoms with Crippen molar-refractivity contribution in [2.24, 2.45) is 0 Å². The molecule has 0 bridgehead atoms. The van der Waals surface area contributed by atoms with Crippen LogP contribution in [-0.2, 0) is 0 Å². The standard InChI is InChI=1S/C17H13ClN4OS/c1-2-23-14-5-3-4-12(10-14)15-19-20-17-22(15)21-16(24-17)11-6-8-13(18)9-7-11/h3-10H,2H2,1H3.